The first-order valence-electron chi connectivity index (χ1n) is 4.00. The molecule has 0 aliphatic carbocycles. The minimum Gasteiger partial charge on any atom is -0.375 e. The van der Waals surface area contributed by atoms with E-state index in [1.54, 1.807) is 6.20 Å². The number of H-pyrrole nitrogens is 1. The van der Waals surface area contributed by atoms with Crippen molar-refractivity contribution in [3.05, 3.63) is 18.3 Å². The summed E-state index contributed by atoms with van der Waals surface area (Å²) in [6.07, 6.45) is 4.52. The fraction of sp³-hybridized carbons (Fsp3) is 0. The highest BCUT2D eigenvalue weighted by molar-refractivity contribution is 7.80. The van der Waals surface area contributed by atoms with Gasteiger partial charge in [-0.2, -0.15) is 5.10 Å². The van der Waals surface area contributed by atoms with Gasteiger partial charge in [0.05, 0.1) is 12.4 Å². The van der Waals surface area contributed by atoms with Gasteiger partial charge in [-0.1, -0.05) is 0 Å². The Hall–Kier alpha value is -2.09. The van der Waals surface area contributed by atoms with Crippen LogP contribution in [0.2, 0.25) is 0 Å². The lowest BCUT2D eigenvalue weighted by Crippen LogP contribution is -2.24. The van der Waals surface area contributed by atoms with Gasteiger partial charge in [-0.05, 0) is 12.2 Å². The number of nitrogens with zero attached hydrogens (tertiary/aromatic N) is 4. The Labute approximate surface area is 89.8 Å². The van der Waals surface area contributed by atoms with E-state index in [4.69, 9.17) is 5.73 Å². The highest BCUT2D eigenvalue weighted by atomic mass is 32.1. The van der Waals surface area contributed by atoms with E-state index in [9.17, 15) is 0 Å². The second-order valence-corrected chi connectivity index (χ2v) is 3.06. The summed E-state index contributed by atoms with van der Waals surface area (Å²) >= 11 is 4.58. The van der Waals surface area contributed by atoms with Crippen LogP contribution in [0, 0.1) is 0 Å². The predicted octanol–water partition coefficient (Wildman–Crippen LogP) is -0.480. The Kier molecular flexibility index (Phi) is 2.50. The van der Waals surface area contributed by atoms with Crippen molar-refractivity contribution in [2.45, 2.75) is 0 Å². The Bertz CT molecular complexity index is 484. The summed E-state index contributed by atoms with van der Waals surface area (Å²) in [6.45, 7) is 0. The van der Waals surface area contributed by atoms with Crippen LogP contribution in [0.4, 0.5) is 0 Å². The number of hydrazone groups is 1. The van der Waals surface area contributed by atoms with Gasteiger partial charge >= 0.3 is 0 Å². The van der Waals surface area contributed by atoms with Gasteiger partial charge in [0.2, 0.25) is 0 Å². The Morgan fingerprint density at radius 2 is 2.53 bits per heavy atom. The predicted molar refractivity (Wildman–Crippen MR) is 59.2 cm³/mol. The lowest BCUT2D eigenvalue weighted by molar-refractivity contribution is 1.04. The van der Waals surface area contributed by atoms with Crippen LogP contribution in [0.1, 0.15) is 5.82 Å². The van der Waals surface area contributed by atoms with E-state index in [0.717, 1.165) is 5.52 Å². The summed E-state index contributed by atoms with van der Waals surface area (Å²) in [5.74, 6) is 0.550. The topological polar surface area (TPSA) is 105 Å². The van der Waals surface area contributed by atoms with E-state index in [1.807, 2.05) is 0 Å². The highest BCUT2D eigenvalue weighted by Gasteiger charge is 1.99. The molecule has 2 rings (SSSR count). The van der Waals surface area contributed by atoms with Crippen LogP contribution in [-0.2, 0) is 0 Å². The van der Waals surface area contributed by atoms with Crippen LogP contribution >= 0.6 is 12.2 Å². The fourth-order valence-electron chi connectivity index (χ4n) is 0.999. The summed E-state index contributed by atoms with van der Waals surface area (Å²) in [5.41, 5.74) is 8.94. The van der Waals surface area contributed by atoms with Crippen molar-refractivity contribution in [1.82, 2.24) is 25.4 Å². The van der Waals surface area contributed by atoms with Crippen LogP contribution in [0.15, 0.2) is 17.6 Å². The monoisotopic (exact) mass is 221 g/mol. The number of nitrogens with one attached hydrogen (secondary N) is 2. The number of aromatic amines is 1. The van der Waals surface area contributed by atoms with Crippen molar-refractivity contribution in [3.63, 3.8) is 0 Å². The zero-order valence-corrected chi connectivity index (χ0v) is 8.32. The molecule has 8 heteroatoms. The molecule has 2 heterocycles. The molecular formula is C7H7N7S. The first kappa shape index (κ1) is 9.46. The highest BCUT2D eigenvalue weighted by Crippen LogP contribution is 2.03. The molecule has 0 atom stereocenters. The van der Waals surface area contributed by atoms with E-state index in [-0.39, 0.29) is 5.11 Å². The number of hydrogen-bond donors (Lipinski definition) is 3. The third-order valence-electron chi connectivity index (χ3n) is 1.54. The van der Waals surface area contributed by atoms with Crippen LogP contribution < -0.4 is 11.2 Å². The number of aromatic nitrogens is 4. The van der Waals surface area contributed by atoms with Crippen molar-refractivity contribution in [2.24, 2.45) is 10.8 Å². The summed E-state index contributed by atoms with van der Waals surface area (Å²) in [4.78, 5) is 14.9. The lowest BCUT2D eigenvalue weighted by Gasteiger charge is -1.90. The molecule has 15 heavy (non-hydrogen) atoms. The Balaban J connectivity index is 2.22. The van der Waals surface area contributed by atoms with Gasteiger partial charge in [-0.15, -0.1) is 0 Å². The molecule has 0 spiro atoms. The van der Waals surface area contributed by atoms with E-state index >= 15 is 0 Å². The van der Waals surface area contributed by atoms with Crippen LogP contribution in [0.3, 0.4) is 0 Å². The molecule has 76 valence electrons. The van der Waals surface area contributed by atoms with Gasteiger partial charge in [-0.25, -0.2) is 15.0 Å². The van der Waals surface area contributed by atoms with E-state index in [2.05, 4.69) is 42.7 Å². The molecule has 0 radical (unpaired) electrons. The molecule has 2 aromatic heterocycles. The molecule has 0 fully saturated rings. The number of imidazole rings is 1. The molecule has 0 saturated carbocycles. The maximum atomic E-state index is 5.19. The Morgan fingerprint density at radius 3 is 3.27 bits per heavy atom. The molecule has 2 aromatic rings. The molecule has 0 aliphatic heterocycles. The fourth-order valence-corrected chi connectivity index (χ4v) is 1.05. The minimum absolute atomic E-state index is 0.0992. The van der Waals surface area contributed by atoms with Crippen LogP contribution in [-0.4, -0.2) is 31.3 Å². The van der Waals surface area contributed by atoms with Crippen molar-refractivity contribution in [3.8, 4) is 0 Å². The number of rotatable bonds is 2. The summed E-state index contributed by atoms with van der Waals surface area (Å²) < 4.78 is 0. The van der Waals surface area contributed by atoms with Gasteiger partial charge in [0.15, 0.2) is 16.6 Å². The zero-order valence-electron chi connectivity index (χ0n) is 7.51. The quantitative estimate of drug-likeness (QED) is 0.359. The third kappa shape index (κ3) is 2.23. The first-order chi connectivity index (χ1) is 7.25. The SMILES string of the molecule is NC(=S)N/N=C/c1nc2ncncc2[nH]1. The van der Waals surface area contributed by atoms with Gasteiger partial charge in [0, 0.05) is 0 Å². The van der Waals surface area contributed by atoms with Gasteiger partial charge in [0.25, 0.3) is 0 Å². The smallest absolute Gasteiger partial charge is 0.184 e. The molecule has 0 aliphatic rings. The van der Waals surface area contributed by atoms with Crippen LogP contribution in [0.25, 0.3) is 11.2 Å². The molecule has 7 nitrogen and oxygen atoms in total. The number of fused-ring (bicyclic) bond motifs is 1. The van der Waals surface area contributed by atoms with E-state index < -0.39 is 0 Å². The average Bonchev–Trinajstić information content (AvgIpc) is 2.59. The largest absolute Gasteiger partial charge is 0.375 e. The van der Waals surface area contributed by atoms with Crippen LogP contribution in [0.5, 0.6) is 0 Å². The molecule has 0 bridgehead atoms. The lowest BCUT2D eigenvalue weighted by atomic mass is 10.6. The summed E-state index contributed by atoms with van der Waals surface area (Å²) in [6, 6.07) is 0. The zero-order chi connectivity index (χ0) is 10.7. The molecule has 0 aromatic carbocycles. The standard InChI is InChI=1S/C7H7N7S/c8-7(15)14-11-2-5-12-4-1-9-3-10-6(4)13-5/h1-3H,(H3,8,14,15)(H,9,10,12,13)/b11-2+. The molecule has 0 saturated heterocycles. The summed E-state index contributed by atoms with van der Waals surface area (Å²) in [5, 5.41) is 3.85. The van der Waals surface area contributed by atoms with Crippen molar-refractivity contribution in [1.29, 1.82) is 0 Å². The number of nitrogens with two attached hydrogens (primary N) is 1. The number of hydrogen-bond acceptors (Lipinski definition) is 5. The molecule has 0 amide bonds. The maximum Gasteiger partial charge on any atom is 0.184 e. The summed E-state index contributed by atoms with van der Waals surface area (Å²) in [7, 11) is 0. The Morgan fingerprint density at radius 1 is 1.67 bits per heavy atom. The maximum absolute atomic E-state index is 5.19. The van der Waals surface area contributed by atoms with Crippen molar-refractivity contribution < 1.29 is 0 Å². The molecular weight excluding hydrogens is 214 g/mol. The van der Waals surface area contributed by atoms with Gasteiger partial charge < -0.3 is 10.7 Å². The second kappa shape index (κ2) is 3.96. The van der Waals surface area contributed by atoms with Gasteiger partial charge in [-0.3, -0.25) is 5.43 Å². The molecule has 4 N–H and O–H groups in total. The van der Waals surface area contributed by atoms with E-state index in [1.165, 1.54) is 12.5 Å². The third-order valence-corrected chi connectivity index (χ3v) is 1.63. The van der Waals surface area contributed by atoms with Gasteiger partial charge in [0.1, 0.15) is 11.8 Å². The molecule has 0 unspecified atom stereocenters. The normalized spacial score (nSPS) is 10.9. The van der Waals surface area contributed by atoms with Crippen molar-refractivity contribution >= 4 is 34.7 Å². The minimum atomic E-state index is 0.0992. The van der Waals surface area contributed by atoms with Crippen molar-refractivity contribution in [2.75, 3.05) is 0 Å². The second-order valence-electron chi connectivity index (χ2n) is 2.62. The number of thiocarbonyl (C=S) groups is 1. The van der Waals surface area contributed by atoms with E-state index in [0.29, 0.717) is 11.5 Å². The average molecular weight is 221 g/mol. The first-order valence-corrected chi connectivity index (χ1v) is 4.41.